The molecule has 3 rings (SSSR count). The monoisotopic (exact) mass is 377 g/mol. The molecule has 28 heavy (non-hydrogen) atoms. The van der Waals surface area contributed by atoms with Crippen LogP contribution in [0.15, 0.2) is 47.3 Å². The van der Waals surface area contributed by atoms with E-state index >= 15 is 0 Å². The van der Waals surface area contributed by atoms with Crippen LogP contribution in [-0.4, -0.2) is 15.5 Å². The van der Waals surface area contributed by atoms with Crippen molar-refractivity contribution >= 4 is 22.6 Å². The van der Waals surface area contributed by atoms with Crippen molar-refractivity contribution in [2.24, 2.45) is 0 Å². The highest BCUT2D eigenvalue weighted by atomic mass is 16.2. The van der Waals surface area contributed by atoms with Crippen molar-refractivity contribution in [2.75, 3.05) is 5.32 Å². The van der Waals surface area contributed by atoms with Crippen LogP contribution in [0.2, 0.25) is 0 Å². The Bertz CT molecular complexity index is 1050. The molecular formula is C23H27N3O2. The molecule has 5 heteroatoms. The van der Waals surface area contributed by atoms with Crippen molar-refractivity contribution in [3.63, 3.8) is 0 Å². The van der Waals surface area contributed by atoms with Gasteiger partial charge in [-0.05, 0) is 42.0 Å². The Balaban J connectivity index is 2.00. The third-order valence-corrected chi connectivity index (χ3v) is 4.95. The van der Waals surface area contributed by atoms with Crippen LogP contribution in [-0.2, 0) is 11.3 Å². The Morgan fingerprint density at radius 1 is 1.00 bits per heavy atom. The van der Waals surface area contributed by atoms with Crippen LogP contribution in [0.3, 0.4) is 0 Å². The maximum absolute atomic E-state index is 12.9. The van der Waals surface area contributed by atoms with E-state index in [-0.39, 0.29) is 29.8 Å². The molecule has 0 unspecified atom stereocenters. The average Bonchev–Trinajstić information content (AvgIpc) is 2.65. The number of para-hydroxylation sites is 3. The van der Waals surface area contributed by atoms with E-state index in [2.05, 4.69) is 38.0 Å². The zero-order valence-electron chi connectivity index (χ0n) is 17.1. The van der Waals surface area contributed by atoms with Crippen LogP contribution < -0.4 is 10.9 Å². The van der Waals surface area contributed by atoms with Crippen molar-refractivity contribution in [3.05, 3.63) is 69.6 Å². The number of amides is 1. The quantitative estimate of drug-likeness (QED) is 0.707. The van der Waals surface area contributed by atoms with Gasteiger partial charge in [-0.15, -0.1) is 0 Å². The average molecular weight is 377 g/mol. The molecule has 3 aromatic rings. The predicted molar refractivity (Wildman–Crippen MR) is 114 cm³/mol. The van der Waals surface area contributed by atoms with E-state index in [9.17, 15) is 9.59 Å². The molecule has 146 valence electrons. The SMILES string of the molecule is Cc1nc2ccccc2n(CC(=O)Nc2c(C(C)C)cccc2C(C)C)c1=O. The van der Waals surface area contributed by atoms with E-state index in [1.165, 1.54) is 4.57 Å². The maximum Gasteiger partial charge on any atom is 0.272 e. The van der Waals surface area contributed by atoms with Gasteiger partial charge in [-0.25, -0.2) is 4.98 Å². The normalized spacial score (nSPS) is 11.4. The van der Waals surface area contributed by atoms with Crippen molar-refractivity contribution in [3.8, 4) is 0 Å². The summed E-state index contributed by atoms with van der Waals surface area (Å²) in [5.41, 5.74) is 4.57. The van der Waals surface area contributed by atoms with E-state index in [0.29, 0.717) is 16.7 Å². The van der Waals surface area contributed by atoms with Gasteiger partial charge in [-0.3, -0.25) is 14.2 Å². The fraction of sp³-hybridized carbons (Fsp3) is 0.348. The van der Waals surface area contributed by atoms with Gasteiger partial charge in [0.05, 0.1) is 11.0 Å². The fourth-order valence-corrected chi connectivity index (χ4v) is 3.50. The molecule has 1 heterocycles. The lowest BCUT2D eigenvalue weighted by Crippen LogP contribution is -2.30. The van der Waals surface area contributed by atoms with Crippen LogP contribution in [0.1, 0.15) is 56.4 Å². The minimum atomic E-state index is -0.241. The largest absolute Gasteiger partial charge is 0.324 e. The second-order valence-electron chi connectivity index (χ2n) is 7.75. The molecule has 0 radical (unpaired) electrons. The number of hydrogen-bond donors (Lipinski definition) is 1. The lowest BCUT2D eigenvalue weighted by atomic mass is 9.92. The summed E-state index contributed by atoms with van der Waals surface area (Å²) in [6.45, 7) is 10.1. The van der Waals surface area contributed by atoms with Crippen molar-refractivity contribution in [2.45, 2.75) is 53.0 Å². The number of aryl methyl sites for hydroxylation is 1. The highest BCUT2D eigenvalue weighted by molar-refractivity contribution is 5.93. The molecule has 1 aromatic heterocycles. The molecule has 1 amide bonds. The van der Waals surface area contributed by atoms with Gasteiger partial charge in [0.1, 0.15) is 12.2 Å². The number of fused-ring (bicyclic) bond motifs is 1. The molecular weight excluding hydrogens is 350 g/mol. The van der Waals surface area contributed by atoms with Gasteiger partial charge in [0.15, 0.2) is 0 Å². The molecule has 2 aromatic carbocycles. The third-order valence-electron chi connectivity index (χ3n) is 4.95. The van der Waals surface area contributed by atoms with Gasteiger partial charge in [0, 0.05) is 5.69 Å². The molecule has 0 aliphatic heterocycles. The maximum atomic E-state index is 12.9. The van der Waals surface area contributed by atoms with Gasteiger partial charge >= 0.3 is 0 Å². The van der Waals surface area contributed by atoms with E-state index in [1.54, 1.807) is 6.92 Å². The van der Waals surface area contributed by atoms with Gasteiger partial charge in [-0.2, -0.15) is 0 Å². The predicted octanol–water partition coefficient (Wildman–Crippen LogP) is 4.59. The first-order chi connectivity index (χ1) is 13.3. The van der Waals surface area contributed by atoms with Crippen LogP contribution in [0, 0.1) is 6.92 Å². The van der Waals surface area contributed by atoms with Crippen LogP contribution >= 0.6 is 0 Å². The number of benzene rings is 2. The lowest BCUT2D eigenvalue weighted by molar-refractivity contribution is -0.116. The second-order valence-corrected chi connectivity index (χ2v) is 7.75. The highest BCUT2D eigenvalue weighted by Crippen LogP contribution is 2.32. The molecule has 0 spiro atoms. The van der Waals surface area contributed by atoms with Gasteiger partial charge in [0.25, 0.3) is 5.56 Å². The van der Waals surface area contributed by atoms with Crippen molar-refractivity contribution in [1.29, 1.82) is 0 Å². The van der Waals surface area contributed by atoms with Crippen LogP contribution in [0.5, 0.6) is 0 Å². The molecule has 5 nitrogen and oxygen atoms in total. The number of carbonyl (C=O) groups excluding carboxylic acids is 1. The Hall–Kier alpha value is -2.95. The number of nitrogens with one attached hydrogen (secondary N) is 1. The first-order valence-electron chi connectivity index (χ1n) is 9.68. The van der Waals surface area contributed by atoms with E-state index in [4.69, 9.17) is 0 Å². The fourth-order valence-electron chi connectivity index (χ4n) is 3.50. The Morgan fingerprint density at radius 2 is 1.61 bits per heavy atom. The Labute approximate surface area is 165 Å². The second kappa shape index (κ2) is 7.97. The molecule has 0 fully saturated rings. The zero-order chi connectivity index (χ0) is 20.4. The number of nitrogens with zero attached hydrogens (tertiary/aromatic N) is 2. The van der Waals surface area contributed by atoms with Gasteiger partial charge in [0.2, 0.25) is 5.91 Å². The van der Waals surface area contributed by atoms with Crippen LogP contribution in [0.25, 0.3) is 11.0 Å². The van der Waals surface area contributed by atoms with Gasteiger partial charge in [-0.1, -0.05) is 58.0 Å². The summed E-state index contributed by atoms with van der Waals surface area (Å²) in [4.78, 5) is 29.9. The number of aromatic nitrogens is 2. The van der Waals surface area contributed by atoms with Crippen LogP contribution in [0.4, 0.5) is 5.69 Å². The number of carbonyl (C=O) groups is 1. The van der Waals surface area contributed by atoms with Crippen molar-refractivity contribution < 1.29 is 4.79 Å². The lowest BCUT2D eigenvalue weighted by Gasteiger charge is -2.20. The summed E-state index contributed by atoms with van der Waals surface area (Å²) in [7, 11) is 0. The number of hydrogen-bond acceptors (Lipinski definition) is 3. The molecule has 0 saturated heterocycles. The zero-order valence-corrected chi connectivity index (χ0v) is 17.1. The van der Waals surface area contributed by atoms with Crippen molar-refractivity contribution in [1.82, 2.24) is 9.55 Å². The highest BCUT2D eigenvalue weighted by Gasteiger charge is 2.17. The molecule has 0 aliphatic carbocycles. The van der Waals surface area contributed by atoms with Gasteiger partial charge < -0.3 is 5.32 Å². The number of anilines is 1. The summed E-state index contributed by atoms with van der Waals surface area (Å²) in [6, 6.07) is 13.5. The minimum Gasteiger partial charge on any atom is -0.324 e. The summed E-state index contributed by atoms with van der Waals surface area (Å²) < 4.78 is 1.50. The smallest absolute Gasteiger partial charge is 0.272 e. The Kier molecular flexibility index (Phi) is 5.63. The topological polar surface area (TPSA) is 64.0 Å². The first kappa shape index (κ1) is 19.8. The van der Waals surface area contributed by atoms with E-state index < -0.39 is 0 Å². The van der Waals surface area contributed by atoms with E-state index in [1.807, 2.05) is 42.5 Å². The summed E-state index contributed by atoms with van der Waals surface area (Å²) in [6.07, 6.45) is 0. The molecule has 0 saturated carbocycles. The standard InChI is InChI=1S/C23H27N3O2/c1-14(2)17-9-8-10-18(15(3)4)22(17)25-21(27)13-26-20-12-7-6-11-19(20)24-16(5)23(26)28/h6-12,14-15H,13H2,1-5H3,(H,25,27). The summed E-state index contributed by atoms with van der Waals surface area (Å²) >= 11 is 0. The molecule has 0 bridgehead atoms. The number of rotatable bonds is 5. The summed E-state index contributed by atoms with van der Waals surface area (Å²) in [5, 5.41) is 3.08. The van der Waals surface area contributed by atoms with E-state index in [0.717, 1.165) is 16.8 Å². The molecule has 0 aliphatic rings. The Morgan fingerprint density at radius 3 is 2.21 bits per heavy atom. The molecule has 0 atom stereocenters. The summed E-state index contributed by atoms with van der Waals surface area (Å²) in [5.74, 6) is 0.342. The molecule has 1 N–H and O–H groups in total. The minimum absolute atomic E-state index is 0.0489. The first-order valence-corrected chi connectivity index (χ1v) is 9.68. The third kappa shape index (κ3) is 3.84.